The standard InChI is InChI=1S/C23H34O2Si/c1-13(15-6-8-19-21(10-15)24-19)18-5-3-4-17(12-26)23(18)14(2)16-7-9-20-22(11-16)25-20/h3-5,13-16,19-22H,6-12H2,1-2,26H3. The van der Waals surface area contributed by atoms with Crippen LogP contribution in [-0.4, -0.2) is 34.7 Å². The zero-order valence-corrected chi connectivity index (χ0v) is 18.6. The Kier molecular flexibility index (Phi) is 4.53. The molecule has 142 valence electrons. The van der Waals surface area contributed by atoms with Crippen molar-refractivity contribution in [3.8, 4) is 0 Å². The molecule has 2 heterocycles. The maximum Gasteiger partial charge on any atom is 0.0844 e. The van der Waals surface area contributed by atoms with Gasteiger partial charge in [-0.2, -0.15) is 0 Å². The van der Waals surface area contributed by atoms with E-state index in [1.807, 2.05) is 0 Å². The fraction of sp³-hybridized carbons (Fsp3) is 0.739. The molecular weight excluding hydrogens is 336 g/mol. The van der Waals surface area contributed by atoms with Gasteiger partial charge in [-0.15, -0.1) is 0 Å². The molecule has 2 saturated heterocycles. The second-order valence-electron chi connectivity index (χ2n) is 9.42. The van der Waals surface area contributed by atoms with Gasteiger partial charge in [0.05, 0.1) is 24.4 Å². The zero-order valence-electron chi connectivity index (χ0n) is 16.6. The minimum atomic E-state index is 0.584. The summed E-state index contributed by atoms with van der Waals surface area (Å²) >= 11 is 0. The molecule has 2 nitrogen and oxygen atoms in total. The lowest BCUT2D eigenvalue weighted by Crippen LogP contribution is -2.24. The van der Waals surface area contributed by atoms with E-state index in [-0.39, 0.29) is 0 Å². The zero-order chi connectivity index (χ0) is 17.8. The first-order valence-electron chi connectivity index (χ1n) is 11.1. The van der Waals surface area contributed by atoms with E-state index in [2.05, 4.69) is 32.0 Å². The molecule has 4 aliphatic rings. The number of ether oxygens (including phenoxy) is 2. The van der Waals surface area contributed by atoms with Crippen molar-refractivity contribution < 1.29 is 9.47 Å². The van der Waals surface area contributed by atoms with Crippen molar-refractivity contribution in [1.82, 2.24) is 0 Å². The molecule has 26 heavy (non-hydrogen) atoms. The highest BCUT2D eigenvalue weighted by atomic mass is 28.1. The van der Waals surface area contributed by atoms with Crippen LogP contribution in [0.15, 0.2) is 18.2 Å². The van der Waals surface area contributed by atoms with Crippen molar-refractivity contribution >= 4 is 10.2 Å². The van der Waals surface area contributed by atoms with Gasteiger partial charge in [-0.1, -0.05) is 32.0 Å². The van der Waals surface area contributed by atoms with Gasteiger partial charge in [0.15, 0.2) is 0 Å². The lowest BCUT2D eigenvalue weighted by Gasteiger charge is -2.33. The molecule has 0 bridgehead atoms. The highest BCUT2D eigenvalue weighted by molar-refractivity contribution is 6.08. The van der Waals surface area contributed by atoms with Gasteiger partial charge in [-0.25, -0.2) is 0 Å². The topological polar surface area (TPSA) is 25.1 Å². The fourth-order valence-electron chi connectivity index (χ4n) is 6.16. The average Bonchev–Trinajstić information content (AvgIpc) is 3.58. The van der Waals surface area contributed by atoms with Gasteiger partial charge in [0.1, 0.15) is 0 Å². The third kappa shape index (κ3) is 3.10. The average molecular weight is 371 g/mol. The Bertz CT molecular complexity index is 674. The Morgan fingerprint density at radius 1 is 0.885 bits per heavy atom. The molecule has 0 N–H and O–H groups in total. The third-order valence-electron chi connectivity index (χ3n) is 8.06. The lowest BCUT2D eigenvalue weighted by atomic mass is 9.71. The quantitative estimate of drug-likeness (QED) is 0.580. The summed E-state index contributed by atoms with van der Waals surface area (Å²) < 4.78 is 11.7. The monoisotopic (exact) mass is 370 g/mol. The Morgan fingerprint density at radius 3 is 2.08 bits per heavy atom. The van der Waals surface area contributed by atoms with Gasteiger partial charge in [0, 0.05) is 10.2 Å². The van der Waals surface area contributed by atoms with Gasteiger partial charge in [-0.3, -0.25) is 0 Å². The van der Waals surface area contributed by atoms with Gasteiger partial charge in [-0.05, 0) is 84.9 Å². The van der Waals surface area contributed by atoms with Crippen LogP contribution < -0.4 is 0 Å². The van der Waals surface area contributed by atoms with Crippen molar-refractivity contribution in [3.63, 3.8) is 0 Å². The molecule has 1 aromatic rings. The van der Waals surface area contributed by atoms with Crippen LogP contribution >= 0.6 is 0 Å². The van der Waals surface area contributed by atoms with E-state index >= 15 is 0 Å². The SMILES string of the molecule is CC(c1cccc(C[SiH3])c1C(C)C1CCC2OC2C1)C1CCC2OC2C1. The van der Waals surface area contributed by atoms with Crippen LogP contribution in [0.1, 0.15) is 80.9 Å². The first-order chi connectivity index (χ1) is 12.7. The minimum Gasteiger partial charge on any atom is -0.370 e. The summed E-state index contributed by atoms with van der Waals surface area (Å²) in [4.78, 5) is 0. The van der Waals surface area contributed by atoms with E-state index in [4.69, 9.17) is 9.47 Å². The van der Waals surface area contributed by atoms with Crippen LogP contribution in [0.5, 0.6) is 0 Å². The predicted molar refractivity (Wildman–Crippen MR) is 109 cm³/mol. The van der Waals surface area contributed by atoms with Crippen molar-refractivity contribution in [2.45, 2.75) is 94.7 Å². The van der Waals surface area contributed by atoms with Crippen molar-refractivity contribution in [1.29, 1.82) is 0 Å². The summed E-state index contributed by atoms with van der Waals surface area (Å²) in [7, 11) is 1.25. The molecular formula is C23H34O2Si. The van der Waals surface area contributed by atoms with Crippen LogP contribution in [0.25, 0.3) is 0 Å². The minimum absolute atomic E-state index is 0.584. The van der Waals surface area contributed by atoms with E-state index < -0.39 is 0 Å². The Balaban J connectivity index is 1.42. The second-order valence-corrected chi connectivity index (χ2v) is 10.1. The largest absolute Gasteiger partial charge is 0.370 e. The maximum absolute atomic E-state index is 5.83. The highest BCUT2D eigenvalue weighted by Gasteiger charge is 2.47. The van der Waals surface area contributed by atoms with Gasteiger partial charge < -0.3 is 9.47 Å². The van der Waals surface area contributed by atoms with Crippen LogP contribution in [0.3, 0.4) is 0 Å². The number of hydrogen-bond donors (Lipinski definition) is 0. The van der Waals surface area contributed by atoms with E-state index in [1.165, 1.54) is 54.8 Å². The van der Waals surface area contributed by atoms with Gasteiger partial charge >= 0.3 is 0 Å². The third-order valence-corrected chi connectivity index (χ3v) is 8.82. The maximum atomic E-state index is 5.83. The smallest absolute Gasteiger partial charge is 0.0844 e. The Morgan fingerprint density at radius 2 is 1.50 bits per heavy atom. The predicted octanol–water partition coefficient (Wildman–Crippen LogP) is 3.89. The fourth-order valence-corrected chi connectivity index (χ4v) is 6.78. The summed E-state index contributed by atoms with van der Waals surface area (Å²) in [6, 6.07) is 8.48. The number of epoxide rings is 2. The number of fused-ring (bicyclic) bond motifs is 2. The Labute approximate surface area is 161 Å². The molecule has 8 atom stereocenters. The van der Waals surface area contributed by atoms with Crippen molar-refractivity contribution in [2.24, 2.45) is 11.8 Å². The van der Waals surface area contributed by atoms with E-state index in [0.29, 0.717) is 36.3 Å². The van der Waals surface area contributed by atoms with Gasteiger partial charge in [0.25, 0.3) is 0 Å². The summed E-state index contributed by atoms with van der Waals surface area (Å²) in [6.07, 6.45) is 10.2. The van der Waals surface area contributed by atoms with Crippen molar-refractivity contribution in [3.05, 3.63) is 34.9 Å². The molecule has 5 rings (SSSR count). The normalized spacial score (nSPS) is 40.4. The number of rotatable bonds is 5. The molecule has 0 aromatic heterocycles. The molecule has 0 amide bonds. The van der Waals surface area contributed by atoms with E-state index in [0.717, 1.165) is 11.8 Å². The summed E-state index contributed by atoms with van der Waals surface area (Å²) in [5.74, 6) is 2.95. The first-order valence-corrected chi connectivity index (χ1v) is 12.5. The van der Waals surface area contributed by atoms with Crippen molar-refractivity contribution in [2.75, 3.05) is 0 Å². The first kappa shape index (κ1) is 17.5. The summed E-state index contributed by atoms with van der Waals surface area (Å²) in [5.41, 5.74) is 5.02. The molecule has 2 aliphatic heterocycles. The molecule has 2 saturated carbocycles. The summed E-state index contributed by atoms with van der Waals surface area (Å²) in [6.45, 7) is 5.01. The summed E-state index contributed by atoms with van der Waals surface area (Å²) in [5, 5.41) is 0. The second kappa shape index (κ2) is 6.75. The van der Waals surface area contributed by atoms with Crippen LogP contribution in [0.2, 0.25) is 0 Å². The molecule has 1 aromatic carbocycles. The number of hydrogen-bond acceptors (Lipinski definition) is 2. The highest BCUT2D eigenvalue weighted by Crippen LogP contribution is 2.49. The molecule has 0 spiro atoms. The molecule has 0 radical (unpaired) electrons. The van der Waals surface area contributed by atoms with Crippen LogP contribution in [0, 0.1) is 11.8 Å². The molecule has 3 heteroatoms. The van der Waals surface area contributed by atoms with Crippen LogP contribution in [0.4, 0.5) is 0 Å². The van der Waals surface area contributed by atoms with E-state index in [1.54, 1.807) is 16.7 Å². The van der Waals surface area contributed by atoms with E-state index in [9.17, 15) is 0 Å². The van der Waals surface area contributed by atoms with Crippen LogP contribution in [-0.2, 0) is 15.5 Å². The number of benzene rings is 1. The Hall–Kier alpha value is -0.643. The molecule has 2 aliphatic carbocycles. The lowest BCUT2D eigenvalue weighted by molar-refractivity contribution is 0.319. The molecule has 4 fully saturated rings. The van der Waals surface area contributed by atoms with Gasteiger partial charge in [0.2, 0.25) is 0 Å². The molecule has 8 unspecified atom stereocenters.